The summed E-state index contributed by atoms with van der Waals surface area (Å²) in [6, 6.07) is 6.31. The van der Waals surface area contributed by atoms with Gasteiger partial charge in [0.25, 0.3) is 0 Å². The molecule has 2 N–H and O–H groups in total. The second kappa shape index (κ2) is 14.2. The molecule has 0 aliphatic rings. The van der Waals surface area contributed by atoms with Crippen molar-refractivity contribution >= 4 is 29.9 Å². The predicted molar refractivity (Wildman–Crippen MR) is 132 cm³/mol. The van der Waals surface area contributed by atoms with Crippen LogP contribution in [0.4, 0.5) is 0 Å². The molecule has 0 spiro atoms. The number of halogens is 1. The maximum Gasteiger partial charge on any atom is 0.228 e. The van der Waals surface area contributed by atoms with Crippen LogP contribution in [-0.2, 0) is 13.0 Å². The highest BCUT2D eigenvalue weighted by molar-refractivity contribution is 14.0. The number of aryl methyl sites for hydroxylation is 1. The fraction of sp³-hybridized carbons (Fsp3) is 0.591. The lowest BCUT2D eigenvalue weighted by molar-refractivity contribution is 0.303. The molecule has 168 valence electrons. The second-order valence-electron chi connectivity index (χ2n) is 7.47. The van der Waals surface area contributed by atoms with E-state index in [1.54, 1.807) is 7.05 Å². The van der Waals surface area contributed by atoms with E-state index in [1.165, 1.54) is 18.4 Å². The SMILES string of the molecule is CCCCCOc1cc(C)ccc1CNC(=NC)NCCc1nc(C(C)C)no1.I. The molecule has 8 heteroatoms. The molecule has 0 bridgehead atoms. The summed E-state index contributed by atoms with van der Waals surface area (Å²) < 4.78 is 11.3. The van der Waals surface area contributed by atoms with E-state index in [1.807, 2.05) is 13.8 Å². The van der Waals surface area contributed by atoms with Gasteiger partial charge in [-0.15, -0.1) is 24.0 Å². The molecule has 0 radical (unpaired) electrons. The van der Waals surface area contributed by atoms with Crippen molar-refractivity contribution in [1.29, 1.82) is 0 Å². The number of hydrogen-bond acceptors (Lipinski definition) is 5. The zero-order chi connectivity index (χ0) is 21.1. The molecule has 7 nitrogen and oxygen atoms in total. The second-order valence-corrected chi connectivity index (χ2v) is 7.47. The first kappa shape index (κ1) is 26.2. The van der Waals surface area contributed by atoms with Gasteiger partial charge >= 0.3 is 0 Å². The molecule has 0 amide bonds. The van der Waals surface area contributed by atoms with E-state index >= 15 is 0 Å². The van der Waals surface area contributed by atoms with Gasteiger partial charge in [-0.25, -0.2) is 0 Å². The minimum Gasteiger partial charge on any atom is -0.493 e. The van der Waals surface area contributed by atoms with E-state index in [0.29, 0.717) is 25.4 Å². The average molecular weight is 529 g/mol. The lowest BCUT2D eigenvalue weighted by Gasteiger charge is -2.15. The largest absolute Gasteiger partial charge is 0.493 e. The monoisotopic (exact) mass is 529 g/mol. The van der Waals surface area contributed by atoms with Crippen LogP contribution in [0.5, 0.6) is 5.75 Å². The highest BCUT2D eigenvalue weighted by Crippen LogP contribution is 2.20. The summed E-state index contributed by atoms with van der Waals surface area (Å²) in [6.45, 7) is 10.4. The summed E-state index contributed by atoms with van der Waals surface area (Å²) in [7, 11) is 1.76. The van der Waals surface area contributed by atoms with Crippen LogP contribution in [0.1, 0.15) is 68.8 Å². The standard InChI is InChI=1S/C22H35N5O2.HI/c1-6-7-8-13-28-19-14-17(4)9-10-18(19)15-25-22(23-5)24-12-11-20-26-21(16(2)3)27-29-20;/h9-10,14,16H,6-8,11-13,15H2,1-5H3,(H2,23,24,25);1H. The molecule has 0 atom stereocenters. The minimum atomic E-state index is 0. The van der Waals surface area contributed by atoms with Gasteiger partial charge < -0.3 is 19.9 Å². The third-order valence-electron chi connectivity index (χ3n) is 4.53. The van der Waals surface area contributed by atoms with Gasteiger partial charge in [-0.3, -0.25) is 4.99 Å². The quantitative estimate of drug-likeness (QED) is 0.192. The van der Waals surface area contributed by atoms with E-state index in [2.05, 4.69) is 57.8 Å². The van der Waals surface area contributed by atoms with Crippen molar-refractivity contribution in [3.8, 4) is 5.75 Å². The Balaban J connectivity index is 0.00000450. The Labute approximate surface area is 197 Å². The van der Waals surface area contributed by atoms with Crippen LogP contribution in [0.25, 0.3) is 0 Å². The van der Waals surface area contributed by atoms with Crippen LogP contribution in [0.15, 0.2) is 27.7 Å². The number of nitrogens with one attached hydrogen (secondary N) is 2. The number of unbranched alkanes of at least 4 members (excludes halogenated alkanes) is 2. The molecule has 2 rings (SSSR count). The molecule has 1 heterocycles. The van der Waals surface area contributed by atoms with Crippen molar-refractivity contribution in [1.82, 2.24) is 20.8 Å². The Hall–Kier alpha value is -1.84. The lowest BCUT2D eigenvalue weighted by Crippen LogP contribution is -2.38. The van der Waals surface area contributed by atoms with Crippen LogP contribution in [0.3, 0.4) is 0 Å². The number of benzene rings is 1. The molecule has 1 aromatic heterocycles. The predicted octanol–water partition coefficient (Wildman–Crippen LogP) is 4.60. The molecule has 0 saturated carbocycles. The van der Waals surface area contributed by atoms with Crippen molar-refractivity contribution in [2.75, 3.05) is 20.2 Å². The first-order valence-corrected chi connectivity index (χ1v) is 10.5. The Bertz CT molecular complexity index is 777. The molecule has 2 aromatic rings. The number of ether oxygens (including phenoxy) is 1. The average Bonchev–Trinajstić information content (AvgIpc) is 3.18. The third kappa shape index (κ3) is 8.89. The summed E-state index contributed by atoms with van der Waals surface area (Å²) in [5.74, 6) is 3.32. The number of hydrogen-bond donors (Lipinski definition) is 2. The van der Waals surface area contributed by atoms with Crippen LogP contribution >= 0.6 is 24.0 Å². The van der Waals surface area contributed by atoms with Crippen molar-refractivity contribution < 1.29 is 9.26 Å². The highest BCUT2D eigenvalue weighted by Gasteiger charge is 2.10. The minimum absolute atomic E-state index is 0. The smallest absolute Gasteiger partial charge is 0.228 e. The summed E-state index contributed by atoms with van der Waals surface area (Å²) in [5, 5.41) is 10.6. The van der Waals surface area contributed by atoms with Gasteiger partial charge in [0.05, 0.1) is 6.61 Å². The van der Waals surface area contributed by atoms with Gasteiger partial charge in [-0.1, -0.05) is 50.9 Å². The Morgan fingerprint density at radius 3 is 2.70 bits per heavy atom. The molecular weight excluding hydrogens is 493 g/mol. The molecule has 0 fully saturated rings. The van der Waals surface area contributed by atoms with Crippen LogP contribution in [0.2, 0.25) is 0 Å². The van der Waals surface area contributed by atoms with E-state index in [0.717, 1.165) is 36.1 Å². The van der Waals surface area contributed by atoms with E-state index in [9.17, 15) is 0 Å². The Morgan fingerprint density at radius 1 is 1.23 bits per heavy atom. The molecule has 0 aliphatic heterocycles. The molecular formula is C22H36IN5O2. The summed E-state index contributed by atoms with van der Waals surface area (Å²) in [6.07, 6.45) is 4.11. The summed E-state index contributed by atoms with van der Waals surface area (Å²) in [5.41, 5.74) is 2.32. The van der Waals surface area contributed by atoms with Crippen LogP contribution in [-0.4, -0.2) is 36.3 Å². The molecule has 0 unspecified atom stereocenters. The van der Waals surface area contributed by atoms with Crippen molar-refractivity contribution in [2.45, 2.75) is 65.8 Å². The normalized spacial score (nSPS) is 11.3. The molecule has 0 aliphatic carbocycles. The van der Waals surface area contributed by atoms with Crippen molar-refractivity contribution in [2.24, 2.45) is 4.99 Å². The van der Waals surface area contributed by atoms with Gasteiger partial charge in [0, 0.05) is 38.0 Å². The maximum absolute atomic E-state index is 6.02. The number of aliphatic imine (C=N–C) groups is 1. The van der Waals surface area contributed by atoms with Gasteiger partial charge in [0.1, 0.15) is 5.75 Å². The van der Waals surface area contributed by atoms with Gasteiger partial charge in [0.15, 0.2) is 11.8 Å². The lowest BCUT2D eigenvalue weighted by atomic mass is 10.1. The van der Waals surface area contributed by atoms with Gasteiger partial charge in [-0.05, 0) is 25.0 Å². The zero-order valence-electron chi connectivity index (χ0n) is 18.8. The topological polar surface area (TPSA) is 84.6 Å². The van der Waals surface area contributed by atoms with E-state index in [-0.39, 0.29) is 29.9 Å². The molecule has 30 heavy (non-hydrogen) atoms. The fourth-order valence-electron chi connectivity index (χ4n) is 2.77. The van der Waals surface area contributed by atoms with Crippen molar-refractivity contribution in [3.05, 3.63) is 41.0 Å². The van der Waals surface area contributed by atoms with E-state index < -0.39 is 0 Å². The van der Waals surface area contributed by atoms with Gasteiger partial charge in [0.2, 0.25) is 5.89 Å². The molecule has 1 aromatic carbocycles. The number of guanidine groups is 1. The number of nitrogens with zero attached hydrogens (tertiary/aromatic N) is 3. The first-order chi connectivity index (χ1) is 14.0. The number of rotatable bonds is 11. The van der Waals surface area contributed by atoms with E-state index in [4.69, 9.17) is 9.26 Å². The number of aromatic nitrogens is 2. The fourth-order valence-corrected chi connectivity index (χ4v) is 2.77. The molecule has 0 saturated heterocycles. The van der Waals surface area contributed by atoms with Crippen LogP contribution in [0, 0.1) is 6.92 Å². The first-order valence-electron chi connectivity index (χ1n) is 10.5. The highest BCUT2D eigenvalue weighted by atomic mass is 127. The summed E-state index contributed by atoms with van der Waals surface area (Å²) in [4.78, 5) is 8.68. The Kier molecular flexibility index (Phi) is 12.4. The third-order valence-corrected chi connectivity index (χ3v) is 4.53. The van der Waals surface area contributed by atoms with Gasteiger partial charge in [-0.2, -0.15) is 4.98 Å². The maximum atomic E-state index is 6.02. The zero-order valence-corrected chi connectivity index (χ0v) is 21.2. The Morgan fingerprint density at radius 2 is 2.03 bits per heavy atom. The van der Waals surface area contributed by atoms with Crippen LogP contribution < -0.4 is 15.4 Å². The summed E-state index contributed by atoms with van der Waals surface area (Å²) >= 11 is 0. The van der Waals surface area contributed by atoms with Crippen molar-refractivity contribution in [3.63, 3.8) is 0 Å².